The molecular weight excluding hydrogens is 396 g/mol. The van der Waals surface area contributed by atoms with Crippen molar-refractivity contribution in [1.82, 2.24) is 14.2 Å². The molecule has 2 unspecified atom stereocenters. The van der Waals surface area contributed by atoms with Gasteiger partial charge < -0.3 is 11.1 Å². The molecule has 1 fully saturated rings. The van der Waals surface area contributed by atoms with Crippen molar-refractivity contribution in [2.24, 2.45) is 5.73 Å². The maximum Gasteiger partial charge on any atom is 0.255 e. The number of hydrogen-bond donors (Lipinski definition) is 2. The van der Waals surface area contributed by atoms with Gasteiger partial charge in [-0.25, -0.2) is 8.42 Å². The first-order valence-electron chi connectivity index (χ1n) is 8.95. The number of carbonyl (C=O) groups is 2. The van der Waals surface area contributed by atoms with E-state index in [1.54, 1.807) is 42.6 Å². The highest BCUT2D eigenvalue weighted by Gasteiger charge is 2.42. The van der Waals surface area contributed by atoms with E-state index in [2.05, 4.69) is 5.32 Å². The van der Waals surface area contributed by atoms with Gasteiger partial charge >= 0.3 is 0 Å². The van der Waals surface area contributed by atoms with Crippen molar-refractivity contribution in [2.75, 3.05) is 12.3 Å². The molecule has 1 aromatic carbocycles. The first-order chi connectivity index (χ1) is 13.7. The number of primary amides is 1. The largest absolute Gasteiger partial charge is 0.368 e. The number of nitrogens with one attached hydrogen (secondary N) is 1. The predicted octanol–water partition coefficient (Wildman–Crippen LogP) is -0.341. The molecule has 10 heteroatoms. The van der Waals surface area contributed by atoms with Gasteiger partial charge in [0.15, 0.2) is 0 Å². The number of carbonyl (C=O) groups excluding carboxylic acids is 2. The lowest BCUT2D eigenvalue weighted by Gasteiger charge is -2.20. The van der Waals surface area contributed by atoms with Crippen LogP contribution in [0.5, 0.6) is 0 Å². The SMILES string of the molecule is CCS(=O)(=O)N1CC(NC(=O)c2ccc(-n3ccccc3=O)cc2)[CH]C1C(N)=O. The Morgan fingerprint density at radius 1 is 1.17 bits per heavy atom. The lowest BCUT2D eigenvalue weighted by molar-refractivity contribution is -0.120. The number of sulfonamides is 1. The summed E-state index contributed by atoms with van der Waals surface area (Å²) in [5.74, 6) is -1.40. The Balaban J connectivity index is 1.73. The fourth-order valence-corrected chi connectivity index (χ4v) is 4.37. The number of nitrogens with two attached hydrogens (primary N) is 1. The quantitative estimate of drug-likeness (QED) is 0.664. The van der Waals surface area contributed by atoms with Gasteiger partial charge in [-0.3, -0.25) is 19.0 Å². The molecule has 2 amide bonds. The minimum atomic E-state index is -3.65. The molecule has 1 aromatic heterocycles. The van der Waals surface area contributed by atoms with Crippen molar-refractivity contribution in [2.45, 2.75) is 19.0 Å². The second-order valence-corrected chi connectivity index (χ2v) is 8.76. The summed E-state index contributed by atoms with van der Waals surface area (Å²) in [6.45, 7) is 1.41. The van der Waals surface area contributed by atoms with Gasteiger partial charge in [0, 0.05) is 42.5 Å². The normalized spacial score (nSPS) is 19.8. The van der Waals surface area contributed by atoms with E-state index in [-0.39, 0.29) is 17.9 Å². The Morgan fingerprint density at radius 3 is 2.45 bits per heavy atom. The fraction of sp³-hybridized carbons (Fsp3) is 0.263. The van der Waals surface area contributed by atoms with Crippen molar-refractivity contribution < 1.29 is 18.0 Å². The zero-order valence-corrected chi connectivity index (χ0v) is 16.5. The Kier molecular flexibility index (Phi) is 5.85. The predicted molar refractivity (Wildman–Crippen MR) is 107 cm³/mol. The zero-order valence-electron chi connectivity index (χ0n) is 15.7. The third kappa shape index (κ3) is 4.38. The highest BCUT2D eigenvalue weighted by molar-refractivity contribution is 7.89. The van der Waals surface area contributed by atoms with Crippen molar-refractivity contribution in [3.05, 3.63) is 71.0 Å². The van der Waals surface area contributed by atoms with Crippen LogP contribution in [-0.2, 0) is 14.8 Å². The van der Waals surface area contributed by atoms with Crippen LogP contribution in [0, 0.1) is 6.42 Å². The minimum absolute atomic E-state index is 0.0625. The second-order valence-electron chi connectivity index (χ2n) is 6.55. The van der Waals surface area contributed by atoms with E-state index in [0.717, 1.165) is 4.31 Å². The van der Waals surface area contributed by atoms with E-state index in [0.29, 0.717) is 11.3 Å². The monoisotopic (exact) mass is 417 g/mol. The van der Waals surface area contributed by atoms with Crippen LogP contribution < -0.4 is 16.6 Å². The molecule has 0 spiro atoms. The van der Waals surface area contributed by atoms with Crippen molar-refractivity contribution >= 4 is 21.8 Å². The summed E-state index contributed by atoms with van der Waals surface area (Å²) in [6.07, 6.45) is 3.04. The molecule has 2 aromatic rings. The average molecular weight is 417 g/mol. The molecule has 0 bridgehead atoms. The van der Waals surface area contributed by atoms with Crippen LogP contribution >= 0.6 is 0 Å². The molecule has 3 N–H and O–H groups in total. The molecule has 1 saturated heterocycles. The zero-order chi connectivity index (χ0) is 21.2. The summed E-state index contributed by atoms with van der Waals surface area (Å²) in [5, 5.41) is 2.70. The van der Waals surface area contributed by atoms with E-state index in [1.807, 2.05) is 0 Å². The molecule has 3 rings (SSSR count). The number of nitrogens with zero attached hydrogens (tertiary/aromatic N) is 2. The molecule has 2 heterocycles. The van der Waals surface area contributed by atoms with Crippen LogP contribution in [0.4, 0.5) is 0 Å². The number of amides is 2. The second kappa shape index (κ2) is 8.18. The van der Waals surface area contributed by atoms with Crippen molar-refractivity contribution in [3.8, 4) is 5.69 Å². The van der Waals surface area contributed by atoms with Crippen molar-refractivity contribution in [3.63, 3.8) is 0 Å². The maximum absolute atomic E-state index is 12.5. The molecule has 0 aliphatic carbocycles. The summed E-state index contributed by atoms with van der Waals surface area (Å²) in [5.41, 5.74) is 6.05. The van der Waals surface area contributed by atoms with Gasteiger partial charge in [0.05, 0.1) is 5.75 Å². The average Bonchev–Trinajstić information content (AvgIpc) is 3.13. The van der Waals surface area contributed by atoms with Gasteiger partial charge in [0.25, 0.3) is 11.5 Å². The Hall–Kier alpha value is -2.98. The number of benzene rings is 1. The van der Waals surface area contributed by atoms with Crippen LogP contribution in [0.15, 0.2) is 53.5 Å². The topological polar surface area (TPSA) is 132 Å². The van der Waals surface area contributed by atoms with E-state index >= 15 is 0 Å². The number of aromatic nitrogens is 1. The van der Waals surface area contributed by atoms with Crippen LogP contribution in [0.2, 0.25) is 0 Å². The molecule has 153 valence electrons. The third-order valence-electron chi connectivity index (χ3n) is 4.66. The van der Waals surface area contributed by atoms with E-state index in [9.17, 15) is 22.8 Å². The number of pyridine rings is 1. The molecule has 1 radical (unpaired) electrons. The third-order valence-corrected chi connectivity index (χ3v) is 6.48. The van der Waals surface area contributed by atoms with Gasteiger partial charge in [0.1, 0.15) is 6.04 Å². The Bertz CT molecular complexity index is 1080. The van der Waals surface area contributed by atoms with Crippen LogP contribution in [0.3, 0.4) is 0 Å². The lowest BCUT2D eigenvalue weighted by Crippen LogP contribution is -2.44. The fourth-order valence-electron chi connectivity index (χ4n) is 3.13. The summed E-state index contributed by atoms with van der Waals surface area (Å²) < 4.78 is 26.8. The minimum Gasteiger partial charge on any atom is -0.368 e. The van der Waals surface area contributed by atoms with Crippen LogP contribution in [-0.4, -0.2) is 53.5 Å². The maximum atomic E-state index is 12.5. The molecular formula is C19H21N4O5S. The first kappa shape index (κ1) is 20.7. The van der Waals surface area contributed by atoms with E-state index < -0.39 is 33.9 Å². The molecule has 1 aliphatic heterocycles. The summed E-state index contributed by atoms with van der Waals surface area (Å²) >= 11 is 0. The van der Waals surface area contributed by atoms with Crippen LogP contribution in [0.25, 0.3) is 5.69 Å². The van der Waals surface area contributed by atoms with E-state index in [1.165, 1.54) is 24.0 Å². The molecule has 0 saturated carbocycles. The number of hydrogen-bond acceptors (Lipinski definition) is 5. The highest BCUT2D eigenvalue weighted by Crippen LogP contribution is 2.21. The summed E-state index contributed by atoms with van der Waals surface area (Å²) in [6, 6.07) is 9.43. The van der Waals surface area contributed by atoms with Gasteiger partial charge in [-0.1, -0.05) is 6.07 Å². The molecule has 9 nitrogen and oxygen atoms in total. The van der Waals surface area contributed by atoms with Gasteiger partial charge in [-0.2, -0.15) is 4.31 Å². The van der Waals surface area contributed by atoms with Gasteiger partial charge in [-0.15, -0.1) is 0 Å². The van der Waals surface area contributed by atoms with Gasteiger partial charge in [-0.05, 0) is 37.3 Å². The number of rotatable bonds is 6. The molecule has 1 aliphatic rings. The lowest BCUT2D eigenvalue weighted by atomic mass is 10.1. The summed E-state index contributed by atoms with van der Waals surface area (Å²) in [4.78, 5) is 36.0. The van der Waals surface area contributed by atoms with Crippen LogP contribution in [0.1, 0.15) is 17.3 Å². The molecule has 2 atom stereocenters. The summed E-state index contributed by atoms with van der Waals surface area (Å²) in [7, 11) is -3.65. The Morgan fingerprint density at radius 2 is 1.86 bits per heavy atom. The Labute approximate surface area is 168 Å². The van der Waals surface area contributed by atoms with Crippen molar-refractivity contribution in [1.29, 1.82) is 0 Å². The smallest absolute Gasteiger partial charge is 0.255 e. The van der Waals surface area contributed by atoms with E-state index in [4.69, 9.17) is 5.73 Å². The molecule has 29 heavy (non-hydrogen) atoms. The highest BCUT2D eigenvalue weighted by atomic mass is 32.2. The first-order valence-corrected chi connectivity index (χ1v) is 10.6. The van der Waals surface area contributed by atoms with Gasteiger partial charge in [0.2, 0.25) is 15.9 Å². The standard InChI is InChI=1S/C19H21N4O5S/c1-2-29(27,28)23-12-14(11-16(23)18(20)25)21-19(26)13-6-8-15(9-7-13)22-10-4-3-5-17(22)24/h3-11,14,16H,2,12H2,1H3,(H2,20,25)(H,21,26).